The second-order valence-electron chi connectivity index (χ2n) is 7.67. The van der Waals surface area contributed by atoms with Gasteiger partial charge in [-0.05, 0) is 78.9 Å². The first-order chi connectivity index (χ1) is 16.0. The molecule has 1 aliphatic heterocycles. The molecular weight excluding hydrogens is 436 g/mol. The first kappa shape index (κ1) is 20.7. The second kappa shape index (κ2) is 8.40. The maximum atomic E-state index is 11.5. The predicted molar refractivity (Wildman–Crippen MR) is 129 cm³/mol. The summed E-state index contributed by atoms with van der Waals surface area (Å²) in [4.78, 5) is 18.1. The molecule has 0 radical (unpaired) electrons. The highest BCUT2D eigenvalue weighted by atomic mass is 32.1. The van der Waals surface area contributed by atoms with Gasteiger partial charge in [0.15, 0.2) is 5.11 Å². The third-order valence-electron chi connectivity index (χ3n) is 5.68. The summed E-state index contributed by atoms with van der Waals surface area (Å²) in [7, 11) is 0. The van der Waals surface area contributed by atoms with Gasteiger partial charge in [0.25, 0.3) is 0 Å². The van der Waals surface area contributed by atoms with Crippen LogP contribution in [0.1, 0.15) is 33.8 Å². The number of thiocarbonyl (C=S) groups is 1. The number of anilines is 1. The van der Waals surface area contributed by atoms with Gasteiger partial charge in [-0.3, -0.25) is 4.98 Å². The fraction of sp³-hybridized carbons (Fsp3) is 0.0800. The van der Waals surface area contributed by atoms with Crippen LogP contribution in [0.2, 0.25) is 0 Å². The number of hydrogen-bond donors (Lipinski definition) is 3. The van der Waals surface area contributed by atoms with Crippen molar-refractivity contribution in [2.45, 2.75) is 12.1 Å². The smallest absolute Gasteiger partial charge is 0.335 e. The highest BCUT2D eigenvalue weighted by molar-refractivity contribution is 7.80. The Morgan fingerprint density at radius 2 is 1.79 bits per heavy atom. The van der Waals surface area contributed by atoms with Crippen LogP contribution < -0.4 is 10.2 Å². The van der Waals surface area contributed by atoms with Crippen molar-refractivity contribution in [1.29, 1.82) is 0 Å². The molecule has 0 amide bonds. The van der Waals surface area contributed by atoms with Crippen LogP contribution in [-0.4, -0.2) is 30.8 Å². The lowest BCUT2D eigenvalue weighted by Crippen LogP contribution is -2.30. The molecule has 1 fully saturated rings. The van der Waals surface area contributed by atoms with Crippen molar-refractivity contribution in [3.05, 3.63) is 108 Å². The van der Waals surface area contributed by atoms with Crippen LogP contribution in [0.4, 0.5) is 5.69 Å². The van der Waals surface area contributed by atoms with E-state index in [1.54, 1.807) is 36.5 Å². The highest BCUT2D eigenvalue weighted by Crippen LogP contribution is 2.42. The van der Waals surface area contributed by atoms with E-state index in [9.17, 15) is 15.0 Å². The molecule has 33 heavy (non-hydrogen) atoms. The van der Waals surface area contributed by atoms with E-state index in [-0.39, 0.29) is 23.4 Å². The van der Waals surface area contributed by atoms with E-state index in [4.69, 9.17) is 12.2 Å². The number of benzene rings is 2. The van der Waals surface area contributed by atoms with Gasteiger partial charge in [-0.15, -0.1) is 0 Å². The summed E-state index contributed by atoms with van der Waals surface area (Å²) in [6.07, 6.45) is 3.65. The van der Waals surface area contributed by atoms with Crippen LogP contribution in [0, 0.1) is 0 Å². The Labute approximate surface area is 195 Å². The van der Waals surface area contributed by atoms with Gasteiger partial charge >= 0.3 is 5.97 Å². The minimum atomic E-state index is -0.980. The van der Waals surface area contributed by atoms with Gasteiger partial charge in [-0.2, -0.15) is 0 Å². The zero-order chi connectivity index (χ0) is 22.9. The number of rotatable bonds is 5. The van der Waals surface area contributed by atoms with Crippen LogP contribution >= 0.6 is 12.2 Å². The van der Waals surface area contributed by atoms with Crippen molar-refractivity contribution in [3.8, 4) is 11.4 Å². The van der Waals surface area contributed by atoms with Gasteiger partial charge in [0.2, 0.25) is 0 Å². The SMILES string of the molecule is O=C(O)c1cccc(-n2cccc2[C@@H]2[C@H](c3ccccn3)NC(=S)N2c2ccc(O)cc2)c1. The number of carbonyl (C=O) groups is 1. The lowest BCUT2D eigenvalue weighted by Gasteiger charge is -2.29. The van der Waals surface area contributed by atoms with Gasteiger partial charge < -0.3 is 25.0 Å². The third kappa shape index (κ3) is 3.81. The molecule has 2 atom stereocenters. The number of aromatic carboxylic acids is 1. The van der Waals surface area contributed by atoms with E-state index in [1.165, 1.54) is 0 Å². The number of pyridine rings is 1. The molecule has 7 nitrogen and oxygen atoms in total. The average Bonchev–Trinajstić information content (AvgIpc) is 3.44. The number of carboxylic acids is 1. The highest BCUT2D eigenvalue weighted by Gasteiger charge is 2.42. The Kier molecular flexibility index (Phi) is 5.27. The molecular formula is C25H20N4O3S. The minimum Gasteiger partial charge on any atom is -0.508 e. The van der Waals surface area contributed by atoms with E-state index >= 15 is 0 Å². The molecule has 1 saturated heterocycles. The number of aromatic nitrogens is 2. The first-order valence-corrected chi connectivity index (χ1v) is 10.7. The first-order valence-electron chi connectivity index (χ1n) is 10.3. The molecule has 0 unspecified atom stereocenters. The van der Waals surface area contributed by atoms with E-state index in [0.717, 1.165) is 22.8 Å². The van der Waals surface area contributed by atoms with Crippen LogP contribution in [0.25, 0.3) is 5.69 Å². The normalized spacial score (nSPS) is 17.7. The number of phenolic OH excluding ortho intramolecular Hbond substituents is 1. The van der Waals surface area contributed by atoms with Crippen molar-refractivity contribution in [2.75, 3.05) is 4.90 Å². The van der Waals surface area contributed by atoms with Crippen LogP contribution in [0.3, 0.4) is 0 Å². The molecule has 0 aliphatic carbocycles. The topological polar surface area (TPSA) is 90.6 Å². The molecule has 0 spiro atoms. The fourth-order valence-corrected chi connectivity index (χ4v) is 4.55. The number of nitrogens with one attached hydrogen (secondary N) is 1. The third-order valence-corrected chi connectivity index (χ3v) is 6.00. The maximum absolute atomic E-state index is 11.5. The molecule has 1 aliphatic rings. The summed E-state index contributed by atoms with van der Waals surface area (Å²) in [6.45, 7) is 0. The van der Waals surface area contributed by atoms with Gasteiger partial charge in [-0.1, -0.05) is 12.1 Å². The predicted octanol–water partition coefficient (Wildman–Crippen LogP) is 4.45. The lowest BCUT2D eigenvalue weighted by molar-refractivity contribution is 0.0697. The Balaban J connectivity index is 1.66. The Morgan fingerprint density at radius 3 is 2.52 bits per heavy atom. The zero-order valence-electron chi connectivity index (χ0n) is 17.4. The minimum absolute atomic E-state index is 0.170. The van der Waals surface area contributed by atoms with Gasteiger partial charge in [0.05, 0.1) is 17.3 Å². The van der Waals surface area contributed by atoms with E-state index in [0.29, 0.717) is 5.11 Å². The lowest BCUT2D eigenvalue weighted by atomic mass is 10.0. The van der Waals surface area contributed by atoms with Crippen molar-refractivity contribution in [2.24, 2.45) is 0 Å². The second-order valence-corrected chi connectivity index (χ2v) is 8.06. The largest absolute Gasteiger partial charge is 0.508 e. The van der Waals surface area contributed by atoms with Crippen LogP contribution in [-0.2, 0) is 0 Å². The number of phenols is 1. The van der Waals surface area contributed by atoms with Crippen LogP contribution in [0.5, 0.6) is 5.75 Å². The molecule has 0 saturated carbocycles. The molecule has 2 aromatic carbocycles. The molecule has 2 aromatic heterocycles. The van der Waals surface area contributed by atoms with Crippen molar-refractivity contribution < 1.29 is 15.0 Å². The summed E-state index contributed by atoms with van der Waals surface area (Å²) in [5.74, 6) is -0.810. The van der Waals surface area contributed by atoms with Gasteiger partial charge in [-0.25, -0.2) is 4.79 Å². The average molecular weight is 457 g/mol. The standard InChI is InChI=1S/C25H20N4O3S/c30-19-11-9-17(10-12-19)29-23(22(27-25(29)33)20-7-1-2-13-26-20)21-8-4-14-28(21)18-6-3-5-16(15-18)24(31)32/h1-15,22-23,30H,(H,27,33)(H,31,32)/t22-,23+/m0/s1. The summed E-state index contributed by atoms with van der Waals surface area (Å²) in [5, 5.41) is 23.2. The molecule has 164 valence electrons. The Bertz CT molecular complexity index is 1320. The molecule has 3 heterocycles. The van der Waals surface area contributed by atoms with E-state index < -0.39 is 5.97 Å². The summed E-state index contributed by atoms with van der Waals surface area (Å²) in [6, 6.07) is 22.8. The molecule has 3 N–H and O–H groups in total. The number of aromatic hydroxyl groups is 1. The monoisotopic (exact) mass is 456 g/mol. The maximum Gasteiger partial charge on any atom is 0.335 e. The van der Waals surface area contributed by atoms with Crippen molar-refractivity contribution in [3.63, 3.8) is 0 Å². The number of nitrogens with zero attached hydrogens (tertiary/aromatic N) is 3. The van der Waals surface area contributed by atoms with Gasteiger partial charge in [0.1, 0.15) is 11.8 Å². The quantitative estimate of drug-likeness (QED) is 0.382. The van der Waals surface area contributed by atoms with E-state index in [1.807, 2.05) is 64.2 Å². The Morgan fingerprint density at radius 1 is 0.970 bits per heavy atom. The summed E-state index contributed by atoms with van der Waals surface area (Å²) < 4.78 is 1.97. The Hall–Kier alpha value is -4.17. The molecule has 5 rings (SSSR count). The fourth-order valence-electron chi connectivity index (χ4n) is 4.21. The molecule has 4 aromatic rings. The van der Waals surface area contributed by atoms with Gasteiger partial charge in [0, 0.05) is 29.5 Å². The zero-order valence-corrected chi connectivity index (χ0v) is 18.2. The summed E-state index contributed by atoms with van der Waals surface area (Å²) >= 11 is 5.74. The van der Waals surface area contributed by atoms with E-state index in [2.05, 4.69) is 10.3 Å². The molecule has 8 heteroatoms. The number of carboxylic acid groups (broad SMARTS) is 1. The van der Waals surface area contributed by atoms with Crippen LogP contribution in [0.15, 0.2) is 91.3 Å². The van der Waals surface area contributed by atoms with Crippen molar-refractivity contribution in [1.82, 2.24) is 14.9 Å². The van der Waals surface area contributed by atoms with Crippen molar-refractivity contribution >= 4 is 29.0 Å². The summed E-state index contributed by atoms with van der Waals surface area (Å²) in [5.41, 5.74) is 3.51. The number of hydrogen-bond acceptors (Lipinski definition) is 4. The molecule has 0 bridgehead atoms.